The normalized spacial score (nSPS) is 42.4. The predicted octanol–water partition coefficient (Wildman–Crippen LogP) is 4.74. The molecule has 0 aromatic rings. The van der Waals surface area contributed by atoms with Gasteiger partial charge in [0, 0.05) is 25.3 Å². The first-order chi connectivity index (χ1) is 16.6. The maximum absolute atomic E-state index is 12.7. The highest BCUT2D eigenvalue weighted by Crippen LogP contribution is 2.73. The van der Waals surface area contributed by atoms with Gasteiger partial charge in [0.05, 0.1) is 0 Å². The molecule has 8 unspecified atom stereocenters. The van der Waals surface area contributed by atoms with Gasteiger partial charge in [-0.15, -0.1) is 0 Å². The average molecular weight is 505 g/mol. The molecule has 0 heterocycles. The molecule has 0 aromatic heterocycles. The second-order valence-corrected chi connectivity index (χ2v) is 13.3. The third-order valence-electron chi connectivity index (χ3n) is 10.2. The molecule has 4 fully saturated rings. The smallest absolute Gasteiger partial charge is 0.331 e. The first kappa shape index (κ1) is 27.2. The molecule has 1 N–H and O–H groups in total. The largest absolute Gasteiger partial charge is 0.463 e. The van der Waals surface area contributed by atoms with Crippen LogP contribution >= 0.6 is 0 Å². The Hall–Kier alpha value is -1.89. The third kappa shape index (κ3) is 4.50. The molecule has 4 saturated carbocycles. The van der Waals surface area contributed by atoms with Gasteiger partial charge in [-0.25, -0.2) is 4.79 Å². The van der Waals surface area contributed by atoms with E-state index in [1.807, 2.05) is 13.8 Å². The Labute approximate surface area is 215 Å². The van der Waals surface area contributed by atoms with E-state index in [0.29, 0.717) is 18.8 Å². The lowest BCUT2D eigenvalue weighted by molar-refractivity contribution is -0.234. The molecule has 8 atom stereocenters. The Balaban J connectivity index is 1.68. The van der Waals surface area contributed by atoms with Gasteiger partial charge in [0.15, 0.2) is 0 Å². The fraction of sp³-hybridized carbons (Fsp3) is 0.828. The molecular formula is C29H44O7. The Morgan fingerprint density at radius 2 is 1.61 bits per heavy atom. The van der Waals surface area contributed by atoms with E-state index in [0.717, 1.165) is 37.7 Å². The summed E-state index contributed by atoms with van der Waals surface area (Å²) in [6.45, 7) is 13.2. The monoisotopic (exact) mass is 504 g/mol. The average Bonchev–Trinajstić information content (AvgIpc) is 2.93. The van der Waals surface area contributed by atoms with Gasteiger partial charge < -0.3 is 19.3 Å². The van der Waals surface area contributed by atoms with Crippen molar-refractivity contribution in [2.45, 2.75) is 111 Å². The number of carbonyl (C=O) groups is 3. The predicted molar refractivity (Wildman–Crippen MR) is 134 cm³/mol. The van der Waals surface area contributed by atoms with E-state index in [1.165, 1.54) is 19.9 Å². The summed E-state index contributed by atoms with van der Waals surface area (Å²) in [5, 5.41) is 11.6. The zero-order valence-electron chi connectivity index (χ0n) is 23.0. The van der Waals surface area contributed by atoms with E-state index in [9.17, 15) is 19.5 Å². The van der Waals surface area contributed by atoms with Crippen molar-refractivity contribution in [2.75, 3.05) is 6.61 Å². The molecule has 0 saturated heterocycles. The molecule has 202 valence electrons. The number of hydrogen-bond donors (Lipinski definition) is 1. The van der Waals surface area contributed by atoms with Crippen molar-refractivity contribution >= 4 is 17.9 Å². The van der Waals surface area contributed by atoms with E-state index in [2.05, 4.69) is 20.8 Å². The highest BCUT2D eigenvalue weighted by Gasteiger charge is 2.70. The number of allylic oxidation sites excluding steroid dienone is 1. The number of hydrogen-bond acceptors (Lipinski definition) is 7. The molecular weight excluding hydrogens is 460 g/mol. The van der Waals surface area contributed by atoms with Crippen molar-refractivity contribution in [2.24, 2.45) is 34.0 Å². The van der Waals surface area contributed by atoms with Gasteiger partial charge in [0.2, 0.25) is 0 Å². The minimum absolute atomic E-state index is 0.0259. The number of carbonyl (C=O) groups excluding carboxylic acids is 3. The maximum Gasteiger partial charge on any atom is 0.331 e. The Bertz CT molecular complexity index is 949. The van der Waals surface area contributed by atoms with Gasteiger partial charge in [0.25, 0.3) is 0 Å². The zero-order valence-corrected chi connectivity index (χ0v) is 23.0. The maximum atomic E-state index is 12.7. The first-order valence-corrected chi connectivity index (χ1v) is 13.5. The second-order valence-electron chi connectivity index (χ2n) is 13.3. The van der Waals surface area contributed by atoms with Crippen molar-refractivity contribution in [1.82, 2.24) is 0 Å². The van der Waals surface area contributed by atoms with E-state index in [1.54, 1.807) is 0 Å². The van der Waals surface area contributed by atoms with Crippen LogP contribution in [0.1, 0.15) is 93.4 Å². The fourth-order valence-corrected chi connectivity index (χ4v) is 9.26. The fourth-order valence-electron chi connectivity index (χ4n) is 9.26. The number of aliphatic hydroxyl groups is 1. The molecule has 0 radical (unpaired) electrons. The van der Waals surface area contributed by atoms with Crippen LogP contribution in [0.25, 0.3) is 0 Å². The van der Waals surface area contributed by atoms with Gasteiger partial charge in [-0.3, -0.25) is 9.59 Å². The summed E-state index contributed by atoms with van der Waals surface area (Å²) < 4.78 is 17.2. The van der Waals surface area contributed by atoms with Crippen LogP contribution < -0.4 is 0 Å². The van der Waals surface area contributed by atoms with Crippen molar-refractivity contribution in [3.63, 3.8) is 0 Å². The summed E-state index contributed by atoms with van der Waals surface area (Å²) >= 11 is 0. The SMILES string of the molecule is CC(=O)OCC1(O)CC23CCC4C(C)(C)C(OC(C)=O)C(OC(=O)C=C(C)C)CC4(C)C2CCC1C3. The molecule has 0 aromatic carbocycles. The molecule has 7 nitrogen and oxygen atoms in total. The molecule has 4 rings (SSSR count). The Kier molecular flexibility index (Phi) is 6.89. The van der Waals surface area contributed by atoms with Gasteiger partial charge in [-0.1, -0.05) is 26.3 Å². The van der Waals surface area contributed by atoms with Crippen LogP contribution in [0.4, 0.5) is 0 Å². The molecule has 0 amide bonds. The topological polar surface area (TPSA) is 99.1 Å². The van der Waals surface area contributed by atoms with E-state index in [4.69, 9.17) is 14.2 Å². The van der Waals surface area contributed by atoms with Crippen molar-refractivity contribution in [3.05, 3.63) is 11.6 Å². The molecule has 0 aliphatic heterocycles. The number of fused-ring (bicyclic) bond motifs is 3. The standard InChI is InChI=1S/C29H44O7/c1-17(2)12-24(32)36-21-14-27(7)22(26(5,6)25(21)35-19(4)31)10-11-28-13-20(8-9-23(27)28)29(33,15-28)16-34-18(3)30/h12,20-23,25,33H,8-11,13-16H2,1-7H3. The number of esters is 3. The van der Waals surface area contributed by atoms with Crippen LogP contribution in [0, 0.1) is 34.0 Å². The Morgan fingerprint density at radius 3 is 2.22 bits per heavy atom. The van der Waals surface area contributed by atoms with Crippen LogP contribution in [-0.4, -0.2) is 47.4 Å². The summed E-state index contributed by atoms with van der Waals surface area (Å²) in [4.78, 5) is 36.4. The molecule has 1 spiro atoms. The lowest BCUT2D eigenvalue weighted by Gasteiger charge is -2.65. The lowest BCUT2D eigenvalue weighted by Crippen LogP contribution is -2.64. The summed E-state index contributed by atoms with van der Waals surface area (Å²) in [7, 11) is 0. The third-order valence-corrected chi connectivity index (χ3v) is 10.2. The van der Waals surface area contributed by atoms with Crippen LogP contribution in [-0.2, 0) is 28.6 Å². The summed E-state index contributed by atoms with van der Waals surface area (Å²) in [6.07, 6.45) is 6.48. The van der Waals surface area contributed by atoms with E-state index >= 15 is 0 Å². The van der Waals surface area contributed by atoms with Gasteiger partial charge >= 0.3 is 17.9 Å². The highest BCUT2D eigenvalue weighted by atomic mass is 16.6. The lowest BCUT2D eigenvalue weighted by atomic mass is 9.40. The number of rotatable bonds is 5. The van der Waals surface area contributed by atoms with Crippen LogP contribution in [0.5, 0.6) is 0 Å². The molecule has 2 bridgehead atoms. The van der Waals surface area contributed by atoms with Crippen LogP contribution in [0.15, 0.2) is 11.6 Å². The summed E-state index contributed by atoms with van der Waals surface area (Å²) in [5.74, 6) is -0.373. The summed E-state index contributed by atoms with van der Waals surface area (Å²) in [6, 6.07) is 0. The quantitative estimate of drug-likeness (QED) is 0.328. The van der Waals surface area contributed by atoms with Crippen LogP contribution in [0.3, 0.4) is 0 Å². The number of ether oxygens (including phenoxy) is 3. The van der Waals surface area contributed by atoms with E-state index in [-0.39, 0.29) is 46.6 Å². The first-order valence-electron chi connectivity index (χ1n) is 13.5. The zero-order chi connectivity index (χ0) is 26.7. The van der Waals surface area contributed by atoms with Crippen molar-refractivity contribution in [1.29, 1.82) is 0 Å². The molecule has 36 heavy (non-hydrogen) atoms. The van der Waals surface area contributed by atoms with Gasteiger partial charge in [0.1, 0.15) is 24.4 Å². The molecule has 7 heteroatoms. The highest BCUT2D eigenvalue weighted by molar-refractivity contribution is 5.82. The van der Waals surface area contributed by atoms with Crippen molar-refractivity contribution in [3.8, 4) is 0 Å². The minimum atomic E-state index is -0.983. The van der Waals surface area contributed by atoms with E-state index < -0.39 is 23.8 Å². The van der Waals surface area contributed by atoms with Crippen LogP contribution in [0.2, 0.25) is 0 Å². The molecule has 4 aliphatic carbocycles. The van der Waals surface area contributed by atoms with Crippen molar-refractivity contribution < 1.29 is 33.7 Å². The second kappa shape index (κ2) is 9.14. The minimum Gasteiger partial charge on any atom is -0.463 e. The molecule has 4 aliphatic rings. The van der Waals surface area contributed by atoms with Gasteiger partial charge in [-0.2, -0.15) is 0 Å². The van der Waals surface area contributed by atoms with Gasteiger partial charge in [-0.05, 0) is 87.4 Å². The Morgan fingerprint density at radius 1 is 0.917 bits per heavy atom. The summed E-state index contributed by atoms with van der Waals surface area (Å²) in [5.41, 5.74) is -0.687.